The number of amides is 2. The molecule has 0 spiro atoms. The summed E-state index contributed by atoms with van der Waals surface area (Å²) in [7, 11) is 3.25. The number of benzene rings is 2. The van der Waals surface area contributed by atoms with Crippen LogP contribution in [0.2, 0.25) is 0 Å². The highest BCUT2D eigenvalue weighted by Gasteiger charge is 2.24. The molecule has 5 rings (SSSR count). The fourth-order valence-electron chi connectivity index (χ4n) is 4.77. The number of guanidine groups is 1. The molecule has 2 unspecified atom stereocenters. The molecule has 0 aliphatic carbocycles. The summed E-state index contributed by atoms with van der Waals surface area (Å²) >= 11 is 0. The number of aliphatic imine (C=N–C) groups is 1. The fourth-order valence-corrected chi connectivity index (χ4v) is 4.77. The molecule has 0 radical (unpaired) electrons. The molecule has 216 valence electrons. The molecular weight excluding hydrogens is 508 g/mol. The van der Waals surface area contributed by atoms with Crippen molar-refractivity contribution in [3.05, 3.63) is 64.7 Å². The highest BCUT2D eigenvalue weighted by molar-refractivity contribution is 5.98. The number of carbonyl (C=O) groups is 2. The minimum atomic E-state index is -0.120. The smallest absolute Gasteiger partial charge is 0.251 e. The van der Waals surface area contributed by atoms with Gasteiger partial charge in [-0.15, -0.1) is 0 Å². The number of methoxy groups -OCH3 is 1. The Labute approximate surface area is 237 Å². The van der Waals surface area contributed by atoms with Crippen LogP contribution in [0.3, 0.4) is 0 Å². The van der Waals surface area contributed by atoms with Crippen LogP contribution in [-0.4, -0.2) is 51.2 Å². The lowest BCUT2D eigenvalue weighted by molar-refractivity contribution is -0.120. The standard InChI is InChI=1S/C27H30N4O4.C2H6O.C2H6/c28-27-29-20(16-25(32)31-27)6-2-1-4-17-7-9-24-21(14-17)22(11-13-35-24)30-26(33)19-8-10-23-18(15-19)5-3-12-34-23;1-3-2;1-2/h1,4,7-10,14-15,20,22H,2-3,5-6,11-13,16H2,(H,30,33)(H3,28,29,31,32);1-2H3;1-2H3/b4-1+;;. The van der Waals surface area contributed by atoms with Gasteiger partial charge in [-0.25, -0.2) is 4.99 Å². The summed E-state index contributed by atoms with van der Waals surface area (Å²) in [6.07, 6.45) is 8.64. The Balaban J connectivity index is 0.000000827. The van der Waals surface area contributed by atoms with Crippen LogP contribution in [0.1, 0.15) is 79.0 Å². The van der Waals surface area contributed by atoms with E-state index in [2.05, 4.69) is 32.5 Å². The second-order valence-electron chi connectivity index (χ2n) is 9.54. The van der Waals surface area contributed by atoms with Crippen molar-refractivity contribution in [3.63, 3.8) is 0 Å². The van der Waals surface area contributed by atoms with Gasteiger partial charge in [0.15, 0.2) is 5.96 Å². The van der Waals surface area contributed by atoms with Crippen molar-refractivity contribution >= 4 is 23.8 Å². The summed E-state index contributed by atoms with van der Waals surface area (Å²) in [4.78, 5) is 28.9. The van der Waals surface area contributed by atoms with Gasteiger partial charge in [0.05, 0.1) is 25.3 Å². The van der Waals surface area contributed by atoms with E-state index in [1.165, 1.54) is 0 Å². The monoisotopic (exact) mass is 550 g/mol. The molecule has 2 aromatic rings. The number of allylic oxidation sites excluding steroid dienone is 1. The van der Waals surface area contributed by atoms with Crippen molar-refractivity contribution in [1.29, 1.82) is 0 Å². The van der Waals surface area contributed by atoms with Crippen LogP contribution in [0.25, 0.3) is 6.08 Å². The maximum atomic E-state index is 13.0. The first-order chi connectivity index (χ1) is 19.5. The van der Waals surface area contributed by atoms with Crippen molar-refractivity contribution in [2.45, 2.75) is 64.5 Å². The van der Waals surface area contributed by atoms with Gasteiger partial charge in [-0.05, 0) is 67.1 Å². The molecule has 0 aromatic heterocycles. The van der Waals surface area contributed by atoms with Crippen LogP contribution in [0.15, 0.2) is 47.5 Å². The number of nitrogens with zero attached hydrogens (tertiary/aromatic N) is 1. The average molecular weight is 551 g/mol. The van der Waals surface area contributed by atoms with Gasteiger partial charge in [-0.1, -0.05) is 32.1 Å². The van der Waals surface area contributed by atoms with Crippen LogP contribution in [0.5, 0.6) is 11.5 Å². The van der Waals surface area contributed by atoms with Crippen LogP contribution in [0, 0.1) is 0 Å². The Kier molecular flexibility index (Phi) is 12.0. The van der Waals surface area contributed by atoms with Crippen LogP contribution in [-0.2, 0) is 16.0 Å². The van der Waals surface area contributed by atoms with Crippen LogP contribution >= 0.6 is 0 Å². The topological polar surface area (TPSA) is 124 Å². The van der Waals surface area contributed by atoms with Crippen molar-refractivity contribution in [2.75, 3.05) is 27.4 Å². The van der Waals surface area contributed by atoms with E-state index in [1.54, 1.807) is 14.2 Å². The second kappa shape index (κ2) is 15.7. The first kappa shape index (κ1) is 30.7. The lowest BCUT2D eigenvalue weighted by Gasteiger charge is -2.27. The molecular formula is C31H42N4O5. The molecule has 2 amide bonds. The number of ether oxygens (including phenoxy) is 3. The third-order valence-electron chi connectivity index (χ3n) is 6.54. The molecule has 4 N–H and O–H groups in total. The number of nitrogens with one attached hydrogen (secondary N) is 2. The van der Waals surface area contributed by atoms with E-state index in [9.17, 15) is 9.59 Å². The molecule has 0 bridgehead atoms. The first-order valence-corrected chi connectivity index (χ1v) is 14.0. The minimum absolute atomic E-state index is 0.0833. The molecule has 3 aliphatic rings. The second-order valence-corrected chi connectivity index (χ2v) is 9.54. The van der Waals surface area contributed by atoms with Gasteiger partial charge in [0.1, 0.15) is 11.5 Å². The van der Waals surface area contributed by atoms with Gasteiger partial charge in [0.25, 0.3) is 5.91 Å². The predicted octanol–water partition coefficient (Wildman–Crippen LogP) is 4.55. The molecule has 3 aliphatic heterocycles. The number of fused-ring (bicyclic) bond motifs is 2. The third kappa shape index (κ3) is 8.58. The third-order valence-corrected chi connectivity index (χ3v) is 6.54. The van der Waals surface area contributed by atoms with Gasteiger partial charge in [-0.2, -0.15) is 0 Å². The molecule has 9 heteroatoms. The normalized spacial score (nSPS) is 19.1. The quantitative estimate of drug-likeness (QED) is 0.485. The van der Waals surface area contributed by atoms with E-state index in [-0.39, 0.29) is 29.9 Å². The van der Waals surface area contributed by atoms with E-state index < -0.39 is 0 Å². The van der Waals surface area contributed by atoms with Gasteiger partial charge >= 0.3 is 0 Å². The molecule has 0 fully saturated rings. The summed E-state index contributed by atoms with van der Waals surface area (Å²) in [6, 6.07) is 11.5. The maximum absolute atomic E-state index is 13.0. The Morgan fingerprint density at radius 1 is 1.15 bits per heavy atom. The van der Waals surface area contributed by atoms with Crippen molar-refractivity contribution < 1.29 is 23.8 Å². The van der Waals surface area contributed by atoms with Gasteiger partial charge in [0.2, 0.25) is 5.91 Å². The maximum Gasteiger partial charge on any atom is 0.251 e. The van der Waals surface area contributed by atoms with Gasteiger partial charge < -0.3 is 25.3 Å². The zero-order valence-electron chi connectivity index (χ0n) is 24.0. The molecule has 0 saturated carbocycles. The van der Waals surface area contributed by atoms with Crippen LogP contribution in [0.4, 0.5) is 0 Å². The zero-order valence-corrected chi connectivity index (χ0v) is 24.0. The Bertz CT molecular complexity index is 1210. The Hall–Kier alpha value is -3.85. The Morgan fingerprint density at radius 2 is 1.90 bits per heavy atom. The van der Waals surface area contributed by atoms with Gasteiger partial charge in [0, 0.05) is 38.2 Å². The number of nitrogens with two attached hydrogens (primary N) is 1. The number of rotatable bonds is 6. The predicted molar refractivity (Wildman–Crippen MR) is 158 cm³/mol. The summed E-state index contributed by atoms with van der Waals surface area (Å²) in [5.41, 5.74) is 9.39. The minimum Gasteiger partial charge on any atom is -0.493 e. The number of hydrogen-bond acceptors (Lipinski definition) is 7. The summed E-state index contributed by atoms with van der Waals surface area (Å²) in [6.45, 7) is 5.29. The Morgan fingerprint density at radius 3 is 2.67 bits per heavy atom. The van der Waals surface area contributed by atoms with Crippen molar-refractivity contribution in [1.82, 2.24) is 10.6 Å². The summed E-state index contributed by atoms with van der Waals surface area (Å²) in [5, 5.41) is 5.71. The van der Waals surface area contributed by atoms with E-state index in [0.29, 0.717) is 25.0 Å². The van der Waals surface area contributed by atoms with E-state index in [0.717, 1.165) is 60.5 Å². The molecule has 2 atom stereocenters. The molecule has 3 heterocycles. The highest BCUT2D eigenvalue weighted by Crippen LogP contribution is 2.34. The largest absolute Gasteiger partial charge is 0.493 e. The van der Waals surface area contributed by atoms with E-state index in [1.807, 2.05) is 50.3 Å². The average Bonchev–Trinajstić information content (AvgIpc) is 2.96. The van der Waals surface area contributed by atoms with Crippen LogP contribution < -0.4 is 25.8 Å². The van der Waals surface area contributed by atoms with Gasteiger partial charge in [-0.3, -0.25) is 14.9 Å². The SMILES string of the molecule is CC.COC.NC1=NC(CC/C=C/c2ccc3c(c2)C(NC(=O)c2ccc4c(c2)CCCO4)CCO3)CC(=O)N1. The highest BCUT2D eigenvalue weighted by atomic mass is 16.5. The zero-order chi connectivity index (χ0) is 28.9. The lowest BCUT2D eigenvalue weighted by Crippen LogP contribution is -2.43. The molecule has 2 aromatic carbocycles. The lowest BCUT2D eigenvalue weighted by atomic mass is 9.97. The fraction of sp³-hybridized carbons (Fsp3) is 0.452. The number of hydrogen-bond donors (Lipinski definition) is 3. The summed E-state index contributed by atoms with van der Waals surface area (Å²) in [5.74, 6) is 1.70. The first-order valence-electron chi connectivity index (χ1n) is 14.0. The molecule has 40 heavy (non-hydrogen) atoms. The number of carbonyl (C=O) groups excluding carboxylic acids is 2. The number of aryl methyl sites for hydroxylation is 1. The van der Waals surface area contributed by atoms with E-state index in [4.69, 9.17) is 15.2 Å². The molecule has 0 saturated heterocycles. The molecule has 9 nitrogen and oxygen atoms in total. The van der Waals surface area contributed by atoms with Crippen molar-refractivity contribution in [3.8, 4) is 11.5 Å². The summed E-state index contributed by atoms with van der Waals surface area (Å²) < 4.78 is 15.8. The van der Waals surface area contributed by atoms with E-state index >= 15 is 0 Å². The van der Waals surface area contributed by atoms with Crippen molar-refractivity contribution in [2.24, 2.45) is 10.7 Å².